The minimum atomic E-state index is -0.292. The lowest BCUT2D eigenvalue weighted by molar-refractivity contribution is 0.0929. The van der Waals surface area contributed by atoms with Gasteiger partial charge in [0.05, 0.1) is 12.0 Å². The molecule has 3 aromatic rings. The number of carbonyl (C=O) groups is 1. The molecule has 1 N–H and O–H groups in total. The maximum atomic E-state index is 12.4. The van der Waals surface area contributed by atoms with E-state index in [1.807, 2.05) is 30.3 Å². The molecule has 1 heterocycles. The fourth-order valence-corrected chi connectivity index (χ4v) is 2.69. The van der Waals surface area contributed by atoms with Crippen molar-refractivity contribution in [3.8, 4) is 0 Å². The third kappa shape index (κ3) is 4.15. The summed E-state index contributed by atoms with van der Waals surface area (Å²) in [5.41, 5.74) is 1.16. The molecule has 6 heteroatoms. The summed E-state index contributed by atoms with van der Waals surface area (Å²) in [7, 11) is 1.54. The molecule has 0 aliphatic rings. The highest BCUT2D eigenvalue weighted by atomic mass is 16.5. The van der Waals surface area contributed by atoms with Crippen molar-refractivity contribution in [1.82, 2.24) is 15.1 Å². The molecule has 0 aliphatic carbocycles. The Morgan fingerprint density at radius 2 is 1.77 bits per heavy atom. The van der Waals surface area contributed by atoms with Crippen LogP contribution in [0.1, 0.15) is 22.5 Å². The van der Waals surface area contributed by atoms with Crippen molar-refractivity contribution in [3.63, 3.8) is 0 Å². The predicted octanol–water partition coefficient (Wildman–Crippen LogP) is 2.27. The van der Waals surface area contributed by atoms with Gasteiger partial charge in [-0.1, -0.05) is 48.5 Å². The first-order chi connectivity index (χ1) is 12.7. The van der Waals surface area contributed by atoms with Gasteiger partial charge in [-0.25, -0.2) is 4.68 Å². The van der Waals surface area contributed by atoms with Crippen LogP contribution in [0, 0.1) is 0 Å². The second kappa shape index (κ2) is 8.40. The largest absolute Gasteiger partial charge is 0.377 e. The third-order valence-electron chi connectivity index (χ3n) is 4.03. The average molecular weight is 351 g/mol. The zero-order chi connectivity index (χ0) is 18.4. The van der Waals surface area contributed by atoms with Gasteiger partial charge in [0.15, 0.2) is 5.69 Å². The molecule has 0 saturated carbocycles. The van der Waals surface area contributed by atoms with E-state index in [2.05, 4.69) is 10.4 Å². The van der Waals surface area contributed by atoms with E-state index in [1.165, 1.54) is 4.68 Å². The van der Waals surface area contributed by atoms with Crippen LogP contribution >= 0.6 is 0 Å². The van der Waals surface area contributed by atoms with Crippen LogP contribution in [-0.2, 0) is 18.4 Å². The Hall–Kier alpha value is -2.99. The van der Waals surface area contributed by atoms with E-state index in [-0.39, 0.29) is 17.2 Å². The summed E-state index contributed by atoms with van der Waals surface area (Å²) in [5, 5.41) is 8.01. The number of aromatic nitrogens is 2. The van der Waals surface area contributed by atoms with Crippen LogP contribution in [0.4, 0.5) is 0 Å². The molecule has 26 heavy (non-hydrogen) atoms. The second-order valence-corrected chi connectivity index (χ2v) is 5.97. The lowest BCUT2D eigenvalue weighted by atomic mass is 10.1. The molecule has 1 amide bonds. The Kier molecular flexibility index (Phi) is 5.76. The molecule has 2 aromatic carbocycles. The first kappa shape index (κ1) is 17.8. The summed E-state index contributed by atoms with van der Waals surface area (Å²) in [6, 6.07) is 16.9. The molecular weight excluding hydrogens is 330 g/mol. The average Bonchev–Trinajstić information content (AvgIpc) is 2.68. The van der Waals surface area contributed by atoms with Crippen molar-refractivity contribution < 1.29 is 9.53 Å². The predicted molar refractivity (Wildman–Crippen MR) is 100 cm³/mol. The van der Waals surface area contributed by atoms with Gasteiger partial charge in [0.2, 0.25) is 0 Å². The van der Waals surface area contributed by atoms with Crippen LogP contribution in [-0.4, -0.2) is 28.8 Å². The number of fused-ring (bicyclic) bond motifs is 1. The minimum Gasteiger partial charge on any atom is -0.377 e. The molecule has 0 atom stereocenters. The SMILES string of the molecule is Cn1nc(C(=O)NCCCOCc2ccccc2)c2ccccc2c1=O. The van der Waals surface area contributed by atoms with E-state index in [0.717, 1.165) is 5.56 Å². The number of carbonyl (C=O) groups excluding carboxylic acids is 1. The second-order valence-electron chi connectivity index (χ2n) is 5.97. The molecule has 0 spiro atoms. The van der Waals surface area contributed by atoms with Gasteiger partial charge in [0, 0.05) is 25.6 Å². The minimum absolute atomic E-state index is 0.216. The van der Waals surface area contributed by atoms with Crippen LogP contribution in [0.25, 0.3) is 10.8 Å². The zero-order valence-corrected chi connectivity index (χ0v) is 14.6. The number of nitrogens with one attached hydrogen (secondary N) is 1. The Labute approximate surface area is 151 Å². The van der Waals surface area contributed by atoms with Crippen molar-refractivity contribution in [2.75, 3.05) is 13.2 Å². The van der Waals surface area contributed by atoms with Crippen LogP contribution in [0.5, 0.6) is 0 Å². The number of hydrogen-bond donors (Lipinski definition) is 1. The highest BCUT2D eigenvalue weighted by Crippen LogP contribution is 2.12. The molecule has 134 valence electrons. The summed E-state index contributed by atoms with van der Waals surface area (Å²) in [5.74, 6) is -0.292. The lowest BCUT2D eigenvalue weighted by Gasteiger charge is -2.09. The fourth-order valence-electron chi connectivity index (χ4n) is 2.69. The number of benzene rings is 2. The van der Waals surface area contributed by atoms with Crippen molar-refractivity contribution in [3.05, 3.63) is 76.2 Å². The Morgan fingerprint density at radius 3 is 2.54 bits per heavy atom. The normalized spacial score (nSPS) is 10.8. The van der Waals surface area contributed by atoms with E-state index in [0.29, 0.717) is 37.0 Å². The van der Waals surface area contributed by atoms with Crippen LogP contribution < -0.4 is 10.9 Å². The maximum absolute atomic E-state index is 12.4. The van der Waals surface area contributed by atoms with Crippen LogP contribution in [0.2, 0.25) is 0 Å². The van der Waals surface area contributed by atoms with Crippen LogP contribution in [0.15, 0.2) is 59.4 Å². The molecule has 0 aliphatic heterocycles. The van der Waals surface area contributed by atoms with Crippen molar-refractivity contribution in [1.29, 1.82) is 0 Å². The summed E-state index contributed by atoms with van der Waals surface area (Å²) in [6.45, 7) is 1.59. The molecule has 1 aromatic heterocycles. The standard InChI is InChI=1S/C20H21N3O3/c1-23-20(25)17-11-6-5-10-16(17)18(22-23)19(24)21-12-7-13-26-14-15-8-3-2-4-9-15/h2-6,8-11H,7,12-14H2,1H3,(H,21,24). The van der Waals surface area contributed by atoms with Crippen molar-refractivity contribution in [2.24, 2.45) is 7.05 Å². The molecule has 0 radical (unpaired) electrons. The van der Waals surface area contributed by atoms with Gasteiger partial charge < -0.3 is 10.1 Å². The third-order valence-corrected chi connectivity index (χ3v) is 4.03. The number of ether oxygens (including phenoxy) is 1. The number of amides is 1. The van der Waals surface area contributed by atoms with Crippen LogP contribution in [0.3, 0.4) is 0 Å². The monoisotopic (exact) mass is 351 g/mol. The fraction of sp³-hybridized carbons (Fsp3) is 0.250. The molecule has 0 unspecified atom stereocenters. The number of hydrogen-bond acceptors (Lipinski definition) is 4. The summed E-state index contributed by atoms with van der Waals surface area (Å²) in [6.07, 6.45) is 0.697. The van der Waals surface area contributed by atoms with Crippen molar-refractivity contribution in [2.45, 2.75) is 13.0 Å². The topological polar surface area (TPSA) is 73.2 Å². The van der Waals surface area contributed by atoms with Gasteiger partial charge in [-0.15, -0.1) is 0 Å². The molecule has 0 saturated heterocycles. The Bertz CT molecular complexity index is 951. The summed E-state index contributed by atoms with van der Waals surface area (Å²) < 4.78 is 6.79. The quantitative estimate of drug-likeness (QED) is 0.663. The zero-order valence-electron chi connectivity index (χ0n) is 14.6. The highest BCUT2D eigenvalue weighted by Gasteiger charge is 2.14. The first-order valence-electron chi connectivity index (χ1n) is 8.53. The first-order valence-corrected chi connectivity index (χ1v) is 8.53. The smallest absolute Gasteiger partial charge is 0.274 e. The summed E-state index contributed by atoms with van der Waals surface area (Å²) >= 11 is 0. The molecule has 3 rings (SSSR count). The van der Waals surface area contributed by atoms with E-state index in [1.54, 1.807) is 31.3 Å². The van der Waals surface area contributed by atoms with Gasteiger partial charge in [-0.3, -0.25) is 9.59 Å². The molecule has 0 bridgehead atoms. The molecule has 0 fully saturated rings. The highest BCUT2D eigenvalue weighted by molar-refractivity contribution is 6.04. The van der Waals surface area contributed by atoms with E-state index in [4.69, 9.17) is 4.74 Å². The molecular formula is C20H21N3O3. The van der Waals surface area contributed by atoms with Gasteiger partial charge >= 0.3 is 0 Å². The maximum Gasteiger partial charge on any atom is 0.274 e. The molecule has 6 nitrogen and oxygen atoms in total. The number of rotatable bonds is 7. The van der Waals surface area contributed by atoms with Gasteiger partial charge in [-0.05, 0) is 18.1 Å². The van der Waals surface area contributed by atoms with Gasteiger partial charge in [0.25, 0.3) is 11.5 Å². The lowest BCUT2D eigenvalue weighted by Crippen LogP contribution is -2.30. The number of nitrogens with zero attached hydrogens (tertiary/aromatic N) is 2. The van der Waals surface area contributed by atoms with Gasteiger partial charge in [0.1, 0.15) is 0 Å². The van der Waals surface area contributed by atoms with Gasteiger partial charge in [-0.2, -0.15) is 5.10 Å². The van der Waals surface area contributed by atoms with Crippen molar-refractivity contribution >= 4 is 16.7 Å². The number of aryl methyl sites for hydroxylation is 1. The van der Waals surface area contributed by atoms with E-state index < -0.39 is 0 Å². The Morgan fingerprint density at radius 1 is 1.08 bits per heavy atom. The van der Waals surface area contributed by atoms with E-state index >= 15 is 0 Å². The Balaban J connectivity index is 1.53. The van der Waals surface area contributed by atoms with E-state index in [9.17, 15) is 9.59 Å². The summed E-state index contributed by atoms with van der Waals surface area (Å²) in [4.78, 5) is 24.6.